The van der Waals surface area contributed by atoms with Crippen molar-refractivity contribution in [1.82, 2.24) is 0 Å². The molecule has 0 heterocycles. The topological polar surface area (TPSA) is 0 Å². The molecule has 0 spiro atoms. The lowest BCUT2D eigenvalue weighted by Crippen LogP contribution is -1.96. The molecule has 96 valence electrons. The minimum Gasteiger partial charge on any atom is -0.204 e. The Kier molecular flexibility index (Phi) is 4.45. The lowest BCUT2D eigenvalue weighted by molar-refractivity contribution is 0.446. The van der Waals surface area contributed by atoms with Crippen molar-refractivity contribution < 1.29 is 13.2 Å². The van der Waals surface area contributed by atoms with Crippen LogP contribution in [0.5, 0.6) is 0 Å². The Morgan fingerprint density at radius 1 is 1.11 bits per heavy atom. The summed E-state index contributed by atoms with van der Waals surface area (Å²) < 4.78 is 39.2. The Morgan fingerprint density at radius 3 is 2.39 bits per heavy atom. The van der Waals surface area contributed by atoms with Gasteiger partial charge in [0.25, 0.3) is 0 Å². The van der Waals surface area contributed by atoms with Gasteiger partial charge in [0.15, 0.2) is 17.5 Å². The average molecular weight is 288 g/mol. The summed E-state index contributed by atoms with van der Waals surface area (Å²) in [6, 6.07) is 2.11. The smallest absolute Gasteiger partial charge is 0.194 e. The zero-order valence-corrected chi connectivity index (χ0v) is 11.3. The molecular weight excluding hydrogens is 277 g/mol. The van der Waals surface area contributed by atoms with Crippen molar-refractivity contribution in [3.05, 3.63) is 52.2 Å². The van der Waals surface area contributed by atoms with Crippen molar-refractivity contribution in [2.24, 2.45) is 0 Å². The van der Waals surface area contributed by atoms with Gasteiger partial charge in [-0.3, -0.25) is 0 Å². The molecule has 1 aromatic rings. The summed E-state index contributed by atoms with van der Waals surface area (Å²) in [4.78, 5) is 1.06. The van der Waals surface area contributed by atoms with E-state index >= 15 is 0 Å². The normalized spacial score (nSPS) is 15.3. The highest BCUT2D eigenvalue weighted by Crippen LogP contribution is 2.36. The zero-order valence-electron chi connectivity index (χ0n) is 9.67. The highest BCUT2D eigenvalue weighted by molar-refractivity contribution is 8.78. The summed E-state index contributed by atoms with van der Waals surface area (Å²) in [5.41, 5.74) is 1.26. The summed E-state index contributed by atoms with van der Waals surface area (Å²) in [7, 11) is 3.21. The van der Waals surface area contributed by atoms with Crippen LogP contribution in [0, 0.1) is 17.5 Å². The van der Waals surface area contributed by atoms with E-state index in [4.69, 9.17) is 0 Å². The van der Waals surface area contributed by atoms with E-state index in [1.54, 1.807) is 21.6 Å². The number of hydrogen-bond donors (Lipinski definition) is 0. The summed E-state index contributed by atoms with van der Waals surface area (Å²) in [6.45, 7) is 0. The first-order valence-electron chi connectivity index (χ1n) is 5.38. The lowest BCUT2D eigenvalue weighted by atomic mass is 9.97. The van der Waals surface area contributed by atoms with Gasteiger partial charge in [0, 0.05) is 4.91 Å². The van der Waals surface area contributed by atoms with E-state index < -0.39 is 17.5 Å². The van der Waals surface area contributed by atoms with Crippen molar-refractivity contribution in [3.8, 4) is 0 Å². The number of hydrogen-bond acceptors (Lipinski definition) is 2. The highest BCUT2D eigenvalue weighted by atomic mass is 33.1. The first kappa shape index (κ1) is 13.6. The summed E-state index contributed by atoms with van der Waals surface area (Å²) >= 11 is 0. The lowest BCUT2D eigenvalue weighted by Gasteiger charge is -2.13. The Hall–Kier alpha value is -0.810. The predicted molar refractivity (Wildman–Crippen MR) is 72.7 cm³/mol. The molecule has 1 aromatic carbocycles. The Balaban J connectivity index is 2.35. The van der Waals surface area contributed by atoms with E-state index in [0.29, 0.717) is 12.0 Å². The Bertz CT molecular complexity index is 498. The molecule has 0 unspecified atom stereocenters. The molecule has 0 amide bonds. The minimum absolute atomic E-state index is 0.415. The first-order chi connectivity index (χ1) is 8.61. The van der Waals surface area contributed by atoms with Gasteiger partial charge in [-0.05, 0) is 48.4 Å². The van der Waals surface area contributed by atoms with Gasteiger partial charge in [-0.25, -0.2) is 13.2 Å². The number of halogens is 3. The molecule has 0 atom stereocenters. The molecule has 0 radical (unpaired) electrons. The van der Waals surface area contributed by atoms with Gasteiger partial charge in [0.2, 0.25) is 0 Å². The van der Waals surface area contributed by atoms with Crippen molar-refractivity contribution in [1.29, 1.82) is 0 Å². The van der Waals surface area contributed by atoms with E-state index in [-0.39, 0.29) is 0 Å². The van der Waals surface area contributed by atoms with Crippen LogP contribution in [0.4, 0.5) is 13.2 Å². The third-order valence-corrected chi connectivity index (χ3v) is 4.33. The molecule has 0 bridgehead atoms. The van der Waals surface area contributed by atoms with Crippen molar-refractivity contribution >= 4 is 27.2 Å². The third-order valence-electron chi connectivity index (χ3n) is 2.61. The maximum atomic E-state index is 13.2. The summed E-state index contributed by atoms with van der Waals surface area (Å²) in [5.74, 6) is -3.69. The summed E-state index contributed by atoms with van der Waals surface area (Å²) in [5, 5.41) is 0. The van der Waals surface area contributed by atoms with Crippen LogP contribution in [0.15, 0.2) is 29.2 Å². The number of rotatable bonds is 3. The van der Waals surface area contributed by atoms with Crippen LogP contribution in [-0.4, -0.2) is 6.26 Å². The van der Waals surface area contributed by atoms with Gasteiger partial charge in [-0.1, -0.05) is 27.7 Å². The Morgan fingerprint density at radius 2 is 1.78 bits per heavy atom. The van der Waals surface area contributed by atoms with E-state index in [1.807, 2.05) is 12.3 Å². The maximum absolute atomic E-state index is 13.2. The summed E-state index contributed by atoms with van der Waals surface area (Å²) in [6.07, 6.45) is 7.49. The molecule has 0 aromatic heterocycles. The molecule has 0 saturated carbocycles. The molecule has 1 aliphatic rings. The maximum Gasteiger partial charge on any atom is 0.194 e. The second-order valence-corrected chi connectivity index (χ2v) is 6.29. The molecular formula is C13H11F3S2. The molecule has 0 fully saturated rings. The fourth-order valence-electron chi connectivity index (χ4n) is 1.80. The van der Waals surface area contributed by atoms with Gasteiger partial charge in [-0.15, -0.1) is 0 Å². The van der Waals surface area contributed by atoms with Crippen LogP contribution >= 0.6 is 21.6 Å². The molecule has 0 N–H and O–H groups in total. The highest BCUT2D eigenvalue weighted by Gasteiger charge is 2.14. The van der Waals surface area contributed by atoms with Gasteiger partial charge in [0.1, 0.15) is 0 Å². The molecule has 18 heavy (non-hydrogen) atoms. The van der Waals surface area contributed by atoms with Crippen molar-refractivity contribution in [2.75, 3.05) is 6.26 Å². The van der Waals surface area contributed by atoms with Crippen LogP contribution in [0.2, 0.25) is 0 Å². The zero-order chi connectivity index (χ0) is 13.1. The van der Waals surface area contributed by atoms with E-state index in [9.17, 15) is 13.2 Å². The molecule has 2 rings (SSSR count). The largest absolute Gasteiger partial charge is 0.204 e. The van der Waals surface area contributed by atoms with Gasteiger partial charge in [0.05, 0.1) is 0 Å². The van der Waals surface area contributed by atoms with Crippen molar-refractivity contribution in [3.63, 3.8) is 0 Å². The minimum atomic E-state index is -1.41. The first-order valence-corrected chi connectivity index (χ1v) is 7.94. The predicted octanol–water partition coefficient (Wildman–Crippen LogP) is 5.18. The van der Waals surface area contributed by atoms with Crippen LogP contribution in [0.3, 0.4) is 0 Å². The van der Waals surface area contributed by atoms with Crippen LogP contribution in [0.25, 0.3) is 5.57 Å². The van der Waals surface area contributed by atoms with Gasteiger partial charge < -0.3 is 0 Å². The van der Waals surface area contributed by atoms with E-state index in [2.05, 4.69) is 6.08 Å². The van der Waals surface area contributed by atoms with Gasteiger partial charge >= 0.3 is 0 Å². The molecule has 0 aliphatic heterocycles. The quantitative estimate of drug-likeness (QED) is 0.555. The van der Waals surface area contributed by atoms with Crippen LogP contribution in [0.1, 0.15) is 18.4 Å². The fourth-order valence-corrected chi connectivity index (χ4v) is 3.29. The molecule has 0 saturated heterocycles. The van der Waals surface area contributed by atoms with Crippen molar-refractivity contribution in [2.45, 2.75) is 12.8 Å². The average Bonchev–Trinajstić information content (AvgIpc) is 2.36. The van der Waals surface area contributed by atoms with E-state index in [1.165, 1.54) is 0 Å². The number of benzene rings is 1. The molecule has 0 nitrogen and oxygen atoms in total. The monoisotopic (exact) mass is 288 g/mol. The van der Waals surface area contributed by atoms with Gasteiger partial charge in [-0.2, -0.15) is 0 Å². The SMILES string of the molecule is CSSC1=CCCC(c2cc(F)c(F)c(F)c2)=C1. The van der Waals surface area contributed by atoms with E-state index in [0.717, 1.165) is 29.0 Å². The van der Waals surface area contributed by atoms with Crippen LogP contribution < -0.4 is 0 Å². The molecule has 1 aliphatic carbocycles. The fraction of sp³-hybridized carbons (Fsp3) is 0.231. The van der Waals surface area contributed by atoms with Crippen LogP contribution in [-0.2, 0) is 0 Å². The Labute approximate surface area is 112 Å². The third kappa shape index (κ3) is 2.95. The standard InChI is InChI=1S/C13H11F3S2/c1-17-18-10-4-2-3-8(5-10)9-6-11(14)13(16)12(15)7-9/h4-7H,2-3H2,1H3. The number of allylic oxidation sites excluding steroid dienone is 3. The molecule has 5 heteroatoms. The second-order valence-electron chi connectivity index (χ2n) is 3.82. The second kappa shape index (κ2) is 5.89.